The molecular weight excluding hydrogens is 288 g/mol. The largest absolute Gasteiger partial charge is 0.462 e. The predicted molar refractivity (Wildman–Crippen MR) is 68.2 cm³/mol. The van der Waals surface area contributed by atoms with Crippen LogP contribution in [0, 0.1) is 0 Å². The fourth-order valence-corrected chi connectivity index (χ4v) is 1.62. The number of ether oxygens (including phenoxy) is 1. The molecular formula is C11H13BrN2O3. The maximum Gasteiger partial charge on any atom is 0.338 e. The van der Waals surface area contributed by atoms with E-state index in [1.54, 1.807) is 25.1 Å². The van der Waals surface area contributed by atoms with Crippen molar-refractivity contribution in [2.75, 3.05) is 19.0 Å². The Labute approximate surface area is 108 Å². The van der Waals surface area contributed by atoms with Crippen molar-refractivity contribution in [1.82, 2.24) is 5.32 Å². The van der Waals surface area contributed by atoms with Gasteiger partial charge >= 0.3 is 12.0 Å². The van der Waals surface area contributed by atoms with Crippen LogP contribution in [-0.2, 0) is 4.74 Å². The third-order valence-corrected chi connectivity index (χ3v) is 2.61. The van der Waals surface area contributed by atoms with Crippen molar-refractivity contribution in [1.29, 1.82) is 0 Å². The van der Waals surface area contributed by atoms with E-state index < -0.39 is 0 Å². The zero-order valence-electron chi connectivity index (χ0n) is 9.54. The lowest BCUT2D eigenvalue weighted by Gasteiger charge is -2.08. The van der Waals surface area contributed by atoms with Crippen LogP contribution >= 0.6 is 15.9 Å². The number of carbonyl (C=O) groups excluding carboxylic acids is 2. The molecule has 92 valence electrons. The zero-order valence-corrected chi connectivity index (χ0v) is 11.1. The number of hydrogen-bond donors (Lipinski definition) is 2. The van der Waals surface area contributed by atoms with Gasteiger partial charge in [-0.1, -0.05) is 0 Å². The number of carbonyl (C=O) groups is 2. The van der Waals surface area contributed by atoms with Crippen LogP contribution in [0.1, 0.15) is 17.3 Å². The molecule has 1 aromatic carbocycles. The van der Waals surface area contributed by atoms with Gasteiger partial charge in [0.1, 0.15) is 0 Å². The van der Waals surface area contributed by atoms with Gasteiger partial charge in [0, 0.05) is 11.5 Å². The lowest BCUT2D eigenvalue weighted by atomic mass is 10.2. The average Bonchev–Trinajstić information content (AvgIpc) is 2.31. The van der Waals surface area contributed by atoms with Gasteiger partial charge in [0.15, 0.2) is 0 Å². The molecule has 0 atom stereocenters. The SMILES string of the molecule is CCOC(=O)c1ccc(NC(=O)NC)c(Br)c1. The molecule has 0 aromatic heterocycles. The van der Waals surface area contributed by atoms with Crippen molar-refractivity contribution in [2.45, 2.75) is 6.92 Å². The van der Waals surface area contributed by atoms with Crippen LogP contribution in [0.25, 0.3) is 0 Å². The van der Waals surface area contributed by atoms with Gasteiger partial charge in [0.25, 0.3) is 0 Å². The van der Waals surface area contributed by atoms with E-state index in [1.807, 2.05) is 0 Å². The normalized spacial score (nSPS) is 9.59. The highest BCUT2D eigenvalue weighted by Crippen LogP contribution is 2.23. The van der Waals surface area contributed by atoms with E-state index in [2.05, 4.69) is 26.6 Å². The molecule has 0 heterocycles. The second kappa shape index (κ2) is 6.24. The first-order valence-corrected chi connectivity index (χ1v) is 5.83. The second-order valence-corrected chi connectivity index (χ2v) is 3.97. The number of rotatable bonds is 3. The molecule has 1 rings (SSSR count). The fraction of sp³-hybridized carbons (Fsp3) is 0.273. The lowest BCUT2D eigenvalue weighted by Crippen LogP contribution is -2.24. The van der Waals surface area contributed by atoms with Crippen molar-refractivity contribution >= 4 is 33.6 Å². The van der Waals surface area contributed by atoms with Gasteiger partial charge in [-0.15, -0.1) is 0 Å². The molecule has 0 saturated heterocycles. The summed E-state index contributed by atoms with van der Waals surface area (Å²) >= 11 is 3.27. The molecule has 17 heavy (non-hydrogen) atoms. The Morgan fingerprint density at radius 2 is 2.12 bits per heavy atom. The summed E-state index contributed by atoms with van der Waals surface area (Å²) in [5.74, 6) is -0.389. The average molecular weight is 301 g/mol. The Bertz CT molecular complexity index is 435. The number of benzene rings is 1. The van der Waals surface area contributed by atoms with Gasteiger partial charge in [0.05, 0.1) is 17.9 Å². The summed E-state index contributed by atoms with van der Waals surface area (Å²) in [6, 6.07) is 4.50. The maximum atomic E-state index is 11.4. The zero-order chi connectivity index (χ0) is 12.8. The molecule has 5 nitrogen and oxygen atoms in total. The van der Waals surface area contributed by atoms with Crippen LogP contribution in [0.2, 0.25) is 0 Å². The molecule has 2 amide bonds. The van der Waals surface area contributed by atoms with Crippen molar-refractivity contribution in [3.05, 3.63) is 28.2 Å². The maximum absolute atomic E-state index is 11.4. The Balaban J connectivity index is 2.86. The Kier molecular flexibility index (Phi) is 4.96. The van der Waals surface area contributed by atoms with Crippen LogP contribution < -0.4 is 10.6 Å². The van der Waals surface area contributed by atoms with E-state index in [0.29, 0.717) is 22.3 Å². The first-order valence-electron chi connectivity index (χ1n) is 5.04. The summed E-state index contributed by atoms with van der Waals surface area (Å²) in [6.45, 7) is 2.07. The van der Waals surface area contributed by atoms with Crippen molar-refractivity contribution in [3.8, 4) is 0 Å². The van der Waals surface area contributed by atoms with Crippen LogP contribution in [-0.4, -0.2) is 25.7 Å². The summed E-state index contributed by atoms with van der Waals surface area (Å²) in [6.07, 6.45) is 0. The molecule has 0 saturated carbocycles. The van der Waals surface area contributed by atoms with Crippen LogP contribution in [0.15, 0.2) is 22.7 Å². The standard InChI is InChI=1S/C11H13BrN2O3/c1-3-17-10(15)7-4-5-9(8(12)6-7)14-11(16)13-2/h4-6H,3H2,1-2H3,(H2,13,14,16). The molecule has 2 N–H and O–H groups in total. The van der Waals surface area contributed by atoms with Crippen molar-refractivity contribution < 1.29 is 14.3 Å². The highest BCUT2D eigenvalue weighted by Gasteiger charge is 2.10. The summed E-state index contributed by atoms with van der Waals surface area (Å²) in [7, 11) is 1.52. The van der Waals surface area contributed by atoms with Crippen molar-refractivity contribution in [3.63, 3.8) is 0 Å². The van der Waals surface area contributed by atoms with E-state index in [1.165, 1.54) is 7.05 Å². The number of hydrogen-bond acceptors (Lipinski definition) is 3. The molecule has 0 fully saturated rings. The van der Waals surface area contributed by atoms with Gasteiger partial charge < -0.3 is 15.4 Å². The van der Waals surface area contributed by atoms with Gasteiger partial charge in [-0.25, -0.2) is 9.59 Å². The Morgan fingerprint density at radius 1 is 1.41 bits per heavy atom. The minimum atomic E-state index is -0.389. The Morgan fingerprint density at radius 3 is 2.65 bits per heavy atom. The van der Waals surface area contributed by atoms with Gasteiger partial charge in [0.2, 0.25) is 0 Å². The molecule has 0 unspecified atom stereocenters. The highest BCUT2D eigenvalue weighted by molar-refractivity contribution is 9.10. The quantitative estimate of drug-likeness (QED) is 0.842. The van der Waals surface area contributed by atoms with Crippen LogP contribution in [0.3, 0.4) is 0 Å². The summed E-state index contributed by atoms with van der Waals surface area (Å²) in [4.78, 5) is 22.6. The smallest absolute Gasteiger partial charge is 0.338 e. The molecule has 0 aliphatic carbocycles. The second-order valence-electron chi connectivity index (χ2n) is 3.12. The summed E-state index contributed by atoms with van der Waals surface area (Å²) in [5, 5.41) is 5.04. The van der Waals surface area contributed by atoms with Crippen LogP contribution in [0.5, 0.6) is 0 Å². The molecule has 0 aliphatic heterocycles. The fourth-order valence-electron chi connectivity index (χ4n) is 1.14. The molecule has 1 aromatic rings. The first kappa shape index (κ1) is 13.5. The Hall–Kier alpha value is -1.56. The number of amides is 2. The highest BCUT2D eigenvalue weighted by atomic mass is 79.9. The molecule has 0 radical (unpaired) electrons. The topological polar surface area (TPSA) is 67.4 Å². The van der Waals surface area contributed by atoms with E-state index in [-0.39, 0.29) is 12.0 Å². The van der Waals surface area contributed by atoms with Crippen LogP contribution in [0.4, 0.5) is 10.5 Å². The summed E-state index contributed by atoms with van der Waals surface area (Å²) < 4.78 is 5.48. The van der Waals surface area contributed by atoms with Gasteiger partial charge in [-0.3, -0.25) is 0 Å². The lowest BCUT2D eigenvalue weighted by molar-refractivity contribution is 0.0526. The molecule has 0 bridgehead atoms. The van der Waals surface area contributed by atoms with Crippen molar-refractivity contribution in [2.24, 2.45) is 0 Å². The summed E-state index contributed by atoms with van der Waals surface area (Å²) in [5.41, 5.74) is 1.01. The van der Waals surface area contributed by atoms with E-state index in [4.69, 9.17) is 4.74 Å². The minimum absolute atomic E-state index is 0.324. The van der Waals surface area contributed by atoms with E-state index in [0.717, 1.165) is 0 Å². The van der Waals surface area contributed by atoms with Gasteiger partial charge in [-0.2, -0.15) is 0 Å². The third-order valence-electron chi connectivity index (χ3n) is 1.96. The number of esters is 1. The van der Waals surface area contributed by atoms with E-state index >= 15 is 0 Å². The van der Waals surface area contributed by atoms with E-state index in [9.17, 15) is 9.59 Å². The number of anilines is 1. The van der Waals surface area contributed by atoms with Gasteiger partial charge in [-0.05, 0) is 41.1 Å². The molecule has 0 aliphatic rings. The predicted octanol–water partition coefficient (Wildman–Crippen LogP) is 2.38. The first-order chi connectivity index (χ1) is 8.08. The third kappa shape index (κ3) is 3.74. The monoisotopic (exact) mass is 300 g/mol. The molecule has 6 heteroatoms. The number of halogens is 1. The number of nitrogens with one attached hydrogen (secondary N) is 2. The number of urea groups is 1. The minimum Gasteiger partial charge on any atom is -0.462 e. The molecule has 0 spiro atoms.